The van der Waals surface area contributed by atoms with Crippen LogP contribution in [-0.4, -0.2) is 31.7 Å². The van der Waals surface area contributed by atoms with E-state index in [1.807, 2.05) is 0 Å². The molecule has 0 saturated carbocycles. The fourth-order valence-corrected chi connectivity index (χ4v) is 3.47. The number of carbonyl (C=O) groups is 1. The normalized spacial score (nSPS) is 15.2. The fourth-order valence-electron chi connectivity index (χ4n) is 3.24. The molecule has 2 aromatic rings. The van der Waals surface area contributed by atoms with Crippen molar-refractivity contribution in [1.82, 2.24) is 9.88 Å². The summed E-state index contributed by atoms with van der Waals surface area (Å²) < 4.78 is 0. The van der Waals surface area contributed by atoms with Gasteiger partial charge in [-0.25, -0.2) is 9.78 Å². The van der Waals surface area contributed by atoms with Crippen LogP contribution in [0.3, 0.4) is 0 Å². The fraction of sp³-hybridized carbons (Fsp3) is 0.368. The first-order chi connectivity index (χ1) is 12.0. The number of halogens is 2. The number of nitrogens with zero attached hydrogens (tertiary/aromatic N) is 2. The van der Waals surface area contributed by atoms with Crippen LogP contribution < -0.4 is 0 Å². The minimum absolute atomic E-state index is 0.287. The van der Waals surface area contributed by atoms with E-state index >= 15 is 0 Å². The lowest BCUT2D eigenvalue weighted by Gasteiger charge is -2.49. The van der Waals surface area contributed by atoms with Gasteiger partial charge in [0.2, 0.25) is 0 Å². The Bertz CT molecular complexity index is 773. The first-order valence-electron chi connectivity index (χ1n) is 8.06. The second kappa shape index (κ2) is 7.43. The van der Waals surface area contributed by atoms with E-state index in [4.69, 9.17) is 23.2 Å². The summed E-state index contributed by atoms with van der Waals surface area (Å²) in [6.07, 6.45) is -0.815. The van der Waals surface area contributed by atoms with Crippen molar-refractivity contribution in [2.75, 3.05) is 0 Å². The molecule has 5 nitrogen and oxygen atoms in total. The number of amides is 1. The molecule has 2 atom stereocenters. The predicted molar refractivity (Wildman–Crippen MR) is 103 cm³/mol. The van der Waals surface area contributed by atoms with Crippen LogP contribution in [0.4, 0.5) is 4.79 Å². The Morgan fingerprint density at radius 1 is 1.08 bits per heavy atom. The lowest BCUT2D eigenvalue weighted by molar-refractivity contribution is -0.0566. The summed E-state index contributed by atoms with van der Waals surface area (Å²) >= 11 is 11.8. The van der Waals surface area contributed by atoms with Gasteiger partial charge >= 0.3 is 6.09 Å². The molecular formula is C19H22Cl2N2O3. The smallest absolute Gasteiger partial charge is 0.408 e. The van der Waals surface area contributed by atoms with Crippen LogP contribution in [0.1, 0.15) is 44.9 Å². The van der Waals surface area contributed by atoms with Crippen molar-refractivity contribution in [3.05, 3.63) is 63.9 Å². The highest BCUT2D eigenvalue weighted by atomic mass is 35.5. The Kier molecular flexibility index (Phi) is 5.85. The summed E-state index contributed by atoms with van der Waals surface area (Å²) in [7, 11) is 0. The molecule has 1 amide bonds. The van der Waals surface area contributed by atoms with Gasteiger partial charge in [0.05, 0.1) is 0 Å². The Hall–Kier alpha value is -1.82. The molecule has 140 valence electrons. The first-order valence-corrected chi connectivity index (χ1v) is 8.82. The van der Waals surface area contributed by atoms with Crippen LogP contribution in [0.15, 0.2) is 42.6 Å². The van der Waals surface area contributed by atoms with Crippen LogP contribution >= 0.6 is 23.2 Å². The highest BCUT2D eigenvalue weighted by molar-refractivity contribution is 6.30. The van der Waals surface area contributed by atoms with Crippen LogP contribution in [0.25, 0.3) is 0 Å². The van der Waals surface area contributed by atoms with E-state index in [1.54, 1.807) is 64.1 Å². The van der Waals surface area contributed by atoms with Gasteiger partial charge in [0.25, 0.3) is 0 Å². The van der Waals surface area contributed by atoms with Crippen molar-refractivity contribution >= 4 is 29.3 Å². The van der Waals surface area contributed by atoms with E-state index < -0.39 is 23.3 Å². The first kappa shape index (κ1) is 20.5. The summed E-state index contributed by atoms with van der Waals surface area (Å²) in [6, 6.07) is 9.92. The molecule has 0 aliphatic heterocycles. The molecule has 0 aliphatic carbocycles. The molecule has 0 aliphatic rings. The molecule has 0 bridgehead atoms. The third kappa shape index (κ3) is 3.95. The van der Waals surface area contributed by atoms with Crippen molar-refractivity contribution < 1.29 is 15.0 Å². The SMILES string of the molecule is CC(C)(C)N(C(=O)O)C(C)(c1ccc(Cl)nc1)C(O)c1ccc(Cl)cc1. The highest BCUT2D eigenvalue weighted by Crippen LogP contribution is 2.44. The minimum atomic E-state index is -1.31. The van der Waals surface area contributed by atoms with Crippen molar-refractivity contribution in [2.45, 2.75) is 44.9 Å². The van der Waals surface area contributed by atoms with E-state index in [-0.39, 0.29) is 5.15 Å². The summed E-state index contributed by atoms with van der Waals surface area (Å²) in [5.74, 6) is 0. The van der Waals surface area contributed by atoms with E-state index in [9.17, 15) is 15.0 Å². The number of benzene rings is 1. The molecule has 0 fully saturated rings. The zero-order chi connectivity index (χ0) is 19.7. The predicted octanol–water partition coefficient (Wildman–Crippen LogP) is 5.12. The maximum Gasteiger partial charge on any atom is 0.408 e. The van der Waals surface area contributed by atoms with Crippen molar-refractivity contribution in [2.24, 2.45) is 0 Å². The van der Waals surface area contributed by atoms with Gasteiger partial charge < -0.3 is 10.2 Å². The molecule has 1 aromatic carbocycles. The van der Waals surface area contributed by atoms with Crippen LogP contribution in [0.5, 0.6) is 0 Å². The average molecular weight is 397 g/mol. The van der Waals surface area contributed by atoms with E-state index in [0.29, 0.717) is 16.1 Å². The van der Waals surface area contributed by atoms with E-state index in [1.165, 1.54) is 11.1 Å². The van der Waals surface area contributed by atoms with Gasteiger partial charge in [-0.15, -0.1) is 0 Å². The third-order valence-corrected chi connectivity index (χ3v) is 4.83. The quantitative estimate of drug-likeness (QED) is 0.703. The molecule has 0 spiro atoms. The van der Waals surface area contributed by atoms with E-state index in [0.717, 1.165) is 0 Å². The minimum Gasteiger partial charge on any atom is -0.465 e. The van der Waals surface area contributed by atoms with Gasteiger partial charge in [0, 0.05) is 16.8 Å². The lowest BCUT2D eigenvalue weighted by Crippen LogP contribution is -2.58. The molecule has 7 heteroatoms. The largest absolute Gasteiger partial charge is 0.465 e. The summed E-state index contributed by atoms with van der Waals surface area (Å²) in [4.78, 5) is 17.5. The number of pyridine rings is 1. The number of aromatic nitrogens is 1. The zero-order valence-electron chi connectivity index (χ0n) is 15.1. The summed E-state index contributed by atoms with van der Waals surface area (Å²) in [6.45, 7) is 7.00. The molecule has 2 N–H and O–H groups in total. The Balaban J connectivity index is 2.69. The average Bonchev–Trinajstić information content (AvgIpc) is 2.53. The van der Waals surface area contributed by atoms with Gasteiger partial charge in [0.15, 0.2) is 0 Å². The second-order valence-corrected chi connectivity index (χ2v) is 8.08. The molecule has 26 heavy (non-hydrogen) atoms. The van der Waals surface area contributed by atoms with Crippen molar-refractivity contribution in [3.8, 4) is 0 Å². The van der Waals surface area contributed by atoms with Gasteiger partial charge in [-0.3, -0.25) is 4.90 Å². The van der Waals surface area contributed by atoms with Crippen molar-refractivity contribution in [1.29, 1.82) is 0 Å². The number of hydrogen-bond donors (Lipinski definition) is 2. The molecule has 0 radical (unpaired) electrons. The number of carboxylic acid groups (broad SMARTS) is 1. The Labute approximate surface area is 163 Å². The summed E-state index contributed by atoms with van der Waals surface area (Å²) in [5.41, 5.74) is -1.02. The molecule has 2 unspecified atom stereocenters. The standard InChI is InChI=1S/C19H22Cl2N2O3/c1-18(2,3)23(17(25)26)19(4,13-7-10-15(21)22-11-13)16(24)12-5-8-14(20)9-6-12/h5-11,16,24H,1-4H3,(H,25,26). The van der Waals surface area contributed by atoms with Crippen LogP contribution in [0, 0.1) is 0 Å². The maximum absolute atomic E-state index is 12.2. The molecule has 1 aromatic heterocycles. The number of hydrogen-bond acceptors (Lipinski definition) is 3. The number of aliphatic hydroxyl groups is 1. The van der Waals surface area contributed by atoms with Gasteiger partial charge in [-0.2, -0.15) is 0 Å². The molecule has 0 saturated heterocycles. The van der Waals surface area contributed by atoms with E-state index in [2.05, 4.69) is 4.98 Å². The third-order valence-electron chi connectivity index (χ3n) is 4.36. The zero-order valence-corrected chi connectivity index (χ0v) is 16.6. The lowest BCUT2D eigenvalue weighted by atomic mass is 9.79. The molecular weight excluding hydrogens is 375 g/mol. The van der Waals surface area contributed by atoms with Gasteiger partial charge in [0.1, 0.15) is 16.8 Å². The number of aliphatic hydroxyl groups excluding tert-OH is 1. The maximum atomic E-state index is 12.2. The molecule has 1 heterocycles. The topological polar surface area (TPSA) is 73.7 Å². The molecule has 2 rings (SSSR count). The Morgan fingerprint density at radius 3 is 2.08 bits per heavy atom. The van der Waals surface area contributed by atoms with Crippen LogP contribution in [0.2, 0.25) is 10.2 Å². The summed E-state index contributed by atoms with van der Waals surface area (Å²) in [5, 5.41) is 22.0. The second-order valence-electron chi connectivity index (χ2n) is 7.26. The van der Waals surface area contributed by atoms with Crippen LogP contribution in [-0.2, 0) is 5.54 Å². The Morgan fingerprint density at radius 2 is 1.65 bits per heavy atom. The monoisotopic (exact) mass is 396 g/mol. The highest BCUT2D eigenvalue weighted by Gasteiger charge is 2.49. The number of rotatable bonds is 4. The van der Waals surface area contributed by atoms with Gasteiger partial charge in [-0.1, -0.05) is 41.4 Å². The van der Waals surface area contributed by atoms with Crippen molar-refractivity contribution in [3.63, 3.8) is 0 Å². The van der Waals surface area contributed by atoms with Gasteiger partial charge in [-0.05, 0) is 57.0 Å².